The molecule has 0 amide bonds. The van der Waals surface area contributed by atoms with Crippen LogP contribution in [0.5, 0.6) is 11.5 Å². The van der Waals surface area contributed by atoms with Gasteiger partial charge in [-0.3, -0.25) is 10.1 Å². The molecule has 3 rings (SSSR count). The van der Waals surface area contributed by atoms with E-state index < -0.39 is 4.92 Å². The van der Waals surface area contributed by atoms with Crippen molar-refractivity contribution in [1.82, 2.24) is 0 Å². The van der Waals surface area contributed by atoms with E-state index in [1.807, 2.05) is 6.07 Å². The zero-order chi connectivity index (χ0) is 22.9. The van der Waals surface area contributed by atoms with Crippen LogP contribution in [0.15, 0.2) is 65.8 Å². The van der Waals surface area contributed by atoms with Crippen LogP contribution in [0.3, 0.4) is 0 Å². The van der Waals surface area contributed by atoms with Gasteiger partial charge < -0.3 is 14.3 Å². The second-order valence-electron chi connectivity index (χ2n) is 6.53. The van der Waals surface area contributed by atoms with Gasteiger partial charge in [-0.05, 0) is 23.8 Å². The molecule has 0 N–H and O–H groups in total. The van der Waals surface area contributed by atoms with E-state index in [9.17, 15) is 15.4 Å². The first-order valence-corrected chi connectivity index (χ1v) is 9.76. The van der Waals surface area contributed by atoms with Crippen LogP contribution in [0.2, 0.25) is 5.02 Å². The van der Waals surface area contributed by atoms with Gasteiger partial charge >= 0.3 is 0 Å². The van der Waals surface area contributed by atoms with E-state index >= 15 is 0 Å². The van der Waals surface area contributed by atoms with Gasteiger partial charge in [-0.1, -0.05) is 47.1 Å². The average Bonchev–Trinajstić information content (AvgIpc) is 2.81. The van der Waals surface area contributed by atoms with Crippen LogP contribution in [0.1, 0.15) is 22.3 Å². The topological polar surface area (TPSA) is 107 Å². The van der Waals surface area contributed by atoms with Crippen LogP contribution in [0, 0.1) is 21.4 Å². The number of oxime groups is 1. The molecule has 0 aliphatic heterocycles. The number of rotatable bonds is 9. The van der Waals surface area contributed by atoms with E-state index in [1.54, 1.807) is 42.5 Å². The first kappa shape index (κ1) is 22.6. The fourth-order valence-electron chi connectivity index (χ4n) is 2.83. The fraction of sp³-hybridized carbons (Fsp3) is 0.130. The molecule has 8 nitrogen and oxygen atoms in total. The Hall–Kier alpha value is -4.09. The summed E-state index contributed by atoms with van der Waals surface area (Å²) in [6.45, 7) is 0.224. The standard InChI is InChI=1S/C23H18ClN3O5/c1-30-22-11-17(13-26-32-14-16-5-4-8-20(9-16)27(28)29)10-21(24)23(22)31-15-19-7-3-2-6-18(19)12-25/h2-11,13H,14-15H2,1H3/b26-13-. The Morgan fingerprint density at radius 3 is 2.72 bits per heavy atom. The Morgan fingerprint density at radius 1 is 1.16 bits per heavy atom. The summed E-state index contributed by atoms with van der Waals surface area (Å²) < 4.78 is 11.2. The molecule has 162 valence electrons. The summed E-state index contributed by atoms with van der Waals surface area (Å²) in [5.41, 5.74) is 2.46. The molecular formula is C23H18ClN3O5. The summed E-state index contributed by atoms with van der Waals surface area (Å²) in [7, 11) is 1.49. The molecule has 0 fully saturated rings. The van der Waals surface area contributed by atoms with Crippen molar-refractivity contribution >= 4 is 23.5 Å². The molecule has 0 aliphatic carbocycles. The molecule has 0 aliphatic rings. The lowest BCUT2D eigenvalue weighted by atomic mass is 10.1. The first-order chi connectivity index (χ1) is 15.5. The predicted molar refractivity (Wildman–Crippen MR) is 119 cm³/mol. The van der Waals surface area contributed by atoms with Crippen LogP contribution in [0.4, 0.5) is 5.69 Å². The molecule has 3 aromatic rings. The number of nitriles is 1. The van der Waals surface area contributed by atoms with Crippen molar-refractivity contribution in [2.45, 2.75) is 13.2 Å². The molecule has 0 saturated heterocycles. The second kappa shape index (κ2) is 10.8. The number of nitro groups is 1. The van der Waals surface area contributed by atoms with E-state index in [4.69, 9.17) is 25.9 Å². The van der Waals surface area contributed by atoms with Crippen molar-refractivity contribution in [2.75, 3.05) is 7.11 Å². The molecule has 32 heavy (non-hydrogen) atoms. The number of benzene rings is 3. The van der Waals surface area contributed by atoms with Crippen LogP contribution >= 0.6 is 11.6 Å². The number of nitrogens with zero attached hydrogens (tertiary/aromatic N) is 3. The predicted octanol–water partition coefficient (Wildman–Crippen LogP) is 5.26. The molecule has 0 saturated carbocycles. The maximum absolute atomic E-state index is 10.8. The third kappa shape index (κ3) is 5.74. The highest BCUT2D eigenvalue weighted by Gasteiger charge is 2.13. The van der Waals surface area contributed by atoms with Crippen molar-refractivity contribution in [1.29, 1.82) is 5.26 Å². The maximum Gasteiger partial charge on any atom is 0.269 e. The third-order valence-corrected chi connectivity index (χ3v) is 4.67. The molecule has 0 radical (unpaired) electrons. The molecule has 0 heterocycles. The lowest BCUT2D eigenvalue weighted by Gasteiger charge is -2.13. The highest BCUT2D eigenvalue weighted by Crippen LogP contribution is 2.36. The SMILES string of the molecule is COc1cc(/C=N\OCc2cccc([N+](=O)[O-])c2)cc(Cl)c1OCc1ccccc1C#N. The Labute approximate surface area is 189 Å². The maximum atomic E-state index is 10.8. The highest BCUT2D eigenvalue weighted by atomic mass is 35.5. The Balaban J connectivity index is 1.67. The second-order valence-corrected chi connectivity index (χ2v) is 6.93. The van der Waals surface area contributed by atoms with E-state index in [2.05, 4.69) is 11.2 Å². The number of hydrogen-bond acceptors (Lipinski definition) is 7. The molecule has 3 aromatic carbocycles. The molecular weight excluding hydrogens is 434 g/mol. The zero-order valence-electron chi connectivity index (χ0n) is 17.0. The highest BCUT2D eigenvalue weighted by molar-refractivity contribution is 6.32. The molecule has 0 atom stereocenters. The van der Waals surface area contributed by atoms with Crippen LogP contribution < -0.4 is 9.47 Å². The molecule has 0 bridgehead atoms. The van der Waals surface area contributed by atoms with Crippen LogP contribution in [-0.2, 0) is 18.1 Å². The van der Waals surface area contributed by atoms with Crippen molar-refractivity contribution in [2.24, 2.45) is 5.16 Å². The van der Waals surface area contributed by atoms with Crippen molar-refractivity contribution in [3.63, 3.8) is 0 Å². The van der Waals surface area contributed by atoms with Crippen LogP contribution in [0.25, 0.3) is 0 Å². The third-order valence-electron chi connectivity index (χ3n) is 4.39. The lowest BCUT2D eigenvalue weighted by Crippen LogP contribution is -2.01. The quantitative estimate of drug-likeness (QED) is 0.249. The molecule has 0 unspecified atom stereocenters. The summed E-state index contributed by atoms with van der Waals surface area (Å²) >= 11 is 6.37. The summed E-state index contributed by atoms with van der Waals surface area (Å²) in [4.78, 5) is 15.6. The Kier molecular flexibility index (Phi) is 7.62. The minimum atomic E-state index is -0.469. The number of halogens is 1. The minimum Gasteiger partial charge on any atom is -0.493 e. The van der Waals surface area contributed by atoms with Crippen molar-refractivity contribution < 1.29 is 19.2 Å². The Morgan fingerprint density at radius 2 is 1.97 bits per heavy atom. The van der Waals surface area contributed by atoms with E-state index in [1.165, 1.54) is 25.5 Å². The molecule has 0 spiro atoms. The number of hydrogen-bond donors (Lipinski definition) is 0. The largest absolute Gasteiger partial charge is 0.493 e. The number of nitro benzene ring substituents is 1. The van der Waals surface area contributed by atoms with Gasteiger partial charge in [0.25, 0.3) is 5.69 Å². The van der Waals surface area contributed by atoms with Gasteiger partial charge in [0.1, 0.15) is 13.2 Å². The summed E-state index contributed by atoms with van der Waals surface area (Å²) in [6.07, 6.45) is 1.44. The zero-order valence-corrected chi connectivity index (χ0v) is 17.8. The van der Waals surface area contributed by atoms with Crippen molar-refractivity contribution in [3.05, 3.63) is 98.1 Å². The summed E-state index contributed by atoms with van der Waals surface area (Å²) in [6, 6.07) is 18.7. The monoisotopic (exact) mass is 451 g/mol. The molecule has 0 aromatic heterocycles. The number of ether oxygens (including phenoxy) is 2. The van der Waals surface area contributed by atoms with E-state index in [-0.39, 0.29) is 18.9 Å². The van der Waals surface area contributed by atoms with Gasteiger partial charge in [0.05, 0.1) is 34.9 Å². The Bertz CT molecular complexity index is 1190. The van der Waals surface area contributed by atoms with E-state index in [0.29, 0.717) is 33.2 Å². The average molecular weight is 452 g/mol. The lowest BCUT2D eigenvalue weighted by molar-refractivity contribution is -0.384. The number of non-ortho nitro benzene ring substituents is 1. The minimum absolute atomic E-state index is 0.0143. The van der Waals surface area contributed by atoms with Gasteiger partial charge in [0.15, 0.2) is 11.5 Å². The first-order valence-electron chi connectivity index (χ1n) is 9.39. The fourth-order valence-corrected chi connectivity index (χ4v) is 3.10. The smallest absolute Gasteiger partial charge is 0.269 e. The van der Waals surface area contributed by atoms with Gasteiger partial charge in [0, 0.05) is 23.3 Å². The normalized spacial score (nSPS) is 10.5. The van der Waals surface area contributed by atoms with Crippen LogP contribution in [-0.4, -0.2) is 18.2 Å². The summed E-state index contributed by atoms with van der Waals surface area (Å²) in [5, 5.41) is 24.2. The van der Waals surface area contributed by atoms with Gasteiger partial charge in [0.2, 0.25) is 0 Å². The van der Waals surface area contributed by atoms with Gasteiger partial charge in [-0.15, -0.1) is 0 Å². The van der Waals surface area contributed by atoms with Crippen molar-refractivity contribution in [3.8, 4) is 17.6 Å². The van der Waals surface area contributed by atoms with Gasteiger partial charge in [-0.2, -0.15) is 5.26 Å². The number of methoxy groups -OCH3 is 1. The van der Waals surface area contributed by atoms with E-state index in [0.717, 1.165) is 5.56 Å². The molecule has 9 heteroatoms. The summed E-state index contributed by atoms with van der Waals surface area (Å²) in [5.74, 6) is 0.739. The van der Waals surface area contributed by atoms with Gasteiger partial charge in [-0.25, -0.2) is 0 Å².